The van der Waals surface area contributed by atoms with Gasteiger partial charge in [0.1, 0.15) is 22.6 Å². The van der Waals surface area contributed by atoms with Crippen molar-refractivity contribution in [1.29, 1.82) is 0 Å². The predicted molar refractivity (Wildman–Crippen MR) is 224 cm³/mol. The predicted octanol–water partition coefficient (Wildman–Crippen LogP) is 13.5. The highest BCUT2D eigenvalue weighted by molar-refractivity contribution is 7.68. The van der Waals surface area contributed by atoms with Crippen molar-refractivity contribution in [2.75, 3.05) is 0 Å². The molecular weight excluding hydrogens is 710 g/mol. The lowest BCUT2D eigenvalue weighted by molar-refractivity contribution is 0.417. The molecule has 0 spiro atoms. The molecule has 2 atom stereocenters. The second-order valence-electron chi connectivity index (χ2n) is 18.4. The molecular formula is C46H51O6P2+. The minimum Gasteiger partial charge on any atom is -0.452 e. The molecule has 8 heteroatoms. The Kier molecular flexibility index (Phi) is 9.33. The van der Waals surface area contributed by atoms with Crippen LogP contribution in [0.3, 0.4) is 0 Å². The van der Waals surface area contributed by atoms with Gasteiger partial charge in [0.15, 0.2) is 17.1 Å². The highest BCUT2D eigenvalue weighted by Crippen LogP contribution is 2.58. The van der Waals surface area contributed by atoms with Crippen LogP contribution in [0.4, 0.5) is 0 Å². The van der Waals surface area contributed by atoms with Gasteiger partial charge in [-0.15, -0.1) is 0 Å². The van der Waals surface area contributed by atoms with Crippen LogP contribution in [0.15, 0.2) is 89.3 Å². The van der Waals surface area contributed by atoms with Crippen LogP contribution in [0.25, 0.3) is 21.4 Å². The molecule has 0 aliphatic carbocycles. The van der Waals surface area contributed by atoms with E-state index in [0.29, 0.717) is 43.7 Å². The van der Waals surface area contributed by atoms with Crippen molar-refractivity contribution in [3.63, 3.8) is 0 Å². The van der Waals surface area contributed by atoms with Crippen molar-refractivity contribution >= 4 is 47.6 Å². The zero-order valence-electron chi connectivity index (χ0n) is 33.5. The lowest BCUT2D eigenvalue weighted by Gasteiger charge is -2.29. The average molecular weight is 762 g/mol. The molecule has 1 aliphatic heterocycles. The first kappa shape index (κ1) is 38.1. The van der Waals surface area contributed by atoms with E-state index in [9.17, 15) is 4.89 Å². The summed E-state index contributed by atoms with van der Waals surface area (Å²) in [4.78, 5) is 12.5. The van der Waals surface area contributed by atoms with Crippen molar-refractivity contribution in [3.05, 3.63) is 107 Å². The van der Waals surface area contributed by atoms with E-state index in [1.165, 1.54) is 0 Å². The molecule has 2 heterocycles. The molecule has 7 rings (SSSR count). The summed E-state index contributed by atoms with van der Waals surface area (Å²) in [7, 11) is -4.35. The Morgan fingerprint density at radius 2 is 1.06 bits per heavy atom. The van der Waals surface area contributed by atoms with E-state index >= 15 is 4.57 Å². The number of hydrogen-bond donors (Lipinski definition) is 1. The highest BCUT2D eigenvalue weighted by atomic mass is 31.1. The average Bonchev–Trinajstić information content (AvgIpc) is 3.08. The molecule has 6 nitrogen and oxygen atoms in total. The van der Waals surface area contributed by atoms with Crippen LogP contribution in [0, 0.1) is 0 Å². The summed E-state index contributed by atoms with van der Waals surface area (Å²) in [5.74, 6) is 2.34. The molecule has 0 saturated heterocycles. The maximum Gasteiger partial charge on any atom is 0.427 e. The van der Waals surface area contributed by atoms with Gasteiger partial charge in [0, 0.05) is 5.30 Å². The molecule has 0 fully saturated rings. The van der Waals surface area contributed by atoms with Gasteiger partial charge in [0.2, 0.25) is 16.5 Å². The molecule has 0 saturated carbocycles. The number of benzene rings is 5. The number of hydrogen-bond acceptors (Lipinski definition) is 6. The van der Waals surface area contributed by atoms with Crippen LogP contribution in [-0.4, -0.2) is 4.89 Å². The second-order valence-corrected chi connectivity index (χ2v) is 21.5. The molecule has 5 aromatic carbocycles. The normalized spacial score (nSPS) is 15.1. The number of fused-ring (bicyclic) bond motifs is 5. The van der Waals surface area contributed by atoms with E-state index in [1.54, 1.807) is 0 Å². The van der Waals surface area contributed by atoms with Gasteiger partial charge in [-0.05, 0) is 92.4 Å². The third-order valence-electron chi connectivity index (χ3n) is 10.1. The van der Waals surface area contributed by atoms with Crippen molar-refractivity contribution < 1.29 is 28.1 Å². The van der Waals surface area contributed by atoms with Crippen LogP contribution >= 0.6 is 15.6 Å². The maximum atomic E-state index is 15.1. The fourth-order valence-electron chi connectivity index (χ4n) is 6.60. The number of ether oxygens (including phenoxy) is 3. The van der Waals surface area contributed by atoms with Gasteiger partial charge in [-0.1, -0.05) is 124 Å². The zero-order chi connectivity index (χ0) is 39.1. The fourth-order valence-corrected chi connectivity index (χ4v) is 9.59. The first-order chi connectivity index (χ1) is 25.1. The quantitative estimate of drug-likeness (QED) is 0.142. The molecule has 0 amide bonds. The van der Waals surface area contributed by atoms with Gasteiger partial charge >= 0.3 is 7.41 Å². The van der Waals surface area contributed by atoms with E-state index in [4.69, 9.17) is 18.6 Å². The monoisotopic (exact) mass is 761 g/mol. The topological polar surface area (TPSA) is 78.1 Å². The standard InChI is InChI=1S/C46H51O6P2/c1-43(2,3)27-13-19-31(20-14-27)49-37-38(50-32-21-15-28(16-22-32)44(4,5)6)42-40(52-34-24-18-30(46(10,11)12)26-36(34)54(42)48)39-41(37)53(47)35-25-29(45(7,8)9)17-23-33(35)51-39/h13-26,47H,1-12H3/q+1. The van der Waals surface area contributed by atoms with Gasteiger partial charge in [0.05, 0.1) is 8.15 Å². The van der Waals surface area contributed by atoms with Crippen LogP contribution < -0.4 is 24.8 Å². The van der Waals surface area contributed by atoms with Crippen molar-refractivity contribution in [2.45, 2.75) is 105 Å². The Morgan fingerprint density at radius 1 is 0.593 bits per heavy atom. The molecule has 6 aromatic rings. The molecule has 0 radical (unpaired) electrons. The molecule has 1 aromatic heterocycles. The minimum atomic E-state index is -2.29. The smallest absolute Gasteiger partial charge is 0.427 e. The second kappa shape index (κ2) is 13.2. The molecule has 54 heavy (non-hydrogen) atoms. The van der Waals surface area contributed by atoms with Crippen LogP contribution in [0.5, 0.6) is 34.5 Å². The third kappa shape index (κ3) is 7.05. The minimum absolute atomic E-state index is 0.0617. The third-order valence-corrected chi connectivity index (χ3v) is 13.3. The van der Waals surface area contributed by atoms with E-state index < -0.39 is 15.6 Å². The summed E-state index contributed by atoms with van der Waals surface area (Å²) in [6, 6.07) is 27.6. The first-order valence-corrected chi connectivity index (χ1v) is 21.1. The van der Waals surface area contributed by atoms with Crippen molar-refractivity contribution in [1.82, 2.24) is 0 Å². The summed E-state index contributed by atoms with van der Waals surface area (Å²) in [5.41, 5.74) is 4.65. The Morgan fingerprint density at radius 3 is 1.57 bits per heavy atom. The molecule has 0 bridgehead atoms. The van der Waals surface area contributed by atoms with Crippen LogP contribution in [0.2, 0.25) is 0 Å². The summed E-state index contributed by atoms with van der Waals surface area (Å²) in [6.45, 7) is 25.8. The van der Waals surface area contributed by atoms with Gasteiger partial charge in [0.25, 0.3) is 5.12 Å². The molecule has 2 unspecified atom stereocenters. The number of rotatable bonds is 4. The van der Waals surface area contributed by atoms with E-state index in [1.807, 2.05) is 84.9 Å². The lowest BCUT2D eigenvalue weighted by Crippen LogP contribution is -2.25. The van der Waals surface area contributed by atoms with Crippen molar-refractivity contribution in [2.24, 2.45) is 0 Å². The largest absolute Gasteiger partial charge is 0.452 e. The van der Waals surface area contributed by atoms with Crippen LogP contribution in [-0.2, 0) is 26.2 Å². The Balaban J connectivity index is 1.57. The first-order valence-electron chi connectivity index (χ1n) is 18.5. The van der Waals surface area contributed by atoms with Crippen LogP contribution in [0.1, 0.15) is 105 Å². The Labute approximate surface area is 321 Å². The van der Waals surface area contributed by atoms with Gasteiger partial charge in [-0.2, -0.15) is 0 Å². The summed E-state index contributed by atoms with van der Waals surface area (Å²) in [5, 5.41) is 1.95. The SMILES string of the molecule is CC(C)(C)c1ccc(Oc2c3c(c4oc5ccc(C(C)(C)C)cc5[p+](=O)c4c2Oc2ccc(C(C)(C)C)cc2)Oc2ccc(C(C)(C)C)cc2P3O)cc1. The zero-order valence-corrected chi connectivity index (χ0v) is 35.3. The summed E-state index contributed by atoms with van der Waals surface area (Å²) >= 11 is 0. The van der Waals surface area contributed by atoms with E-state index in [2.05, 4.69) is 83.1 Å². The highest BCUT2D eigenvalue weighted by Gasteiger charge is 2.41. The maximum absolute atomic E-state index is 15.1. The molecule has 280 valence electrons. The van der Waals surface area contributed by atoms with Gasteiger partial charge in [-0.25, -0.2) is 0 Å². The molecule has 1 aliphatic rings. The summed E-state index contributed by atoms with van der Waals surface area (Å²) < 4.78 is 42.3. The Bertz CT molecular complexity index is 2470. The van der Waals surface area contributed by atoms with E-state index in [0.717, 1.165) is 22.3 Å². The summed E-state index contributed by atoms with van der Waals surface area (Å²) in [6.07, 6.45) is 0. The fraction of sp³-hybridized carbons (Fsp3) is 0.348. The lowest BCUT2D eigenvalue weighted by atomic mass is 9.87. The Hall–Kier alpha value is -4.21. The van der Waals surface area contributed by atoms with Gasteiger partial charge in [-0.3, -0.25) is 0 Å². The van der Waals surface area contributed by atoms with Crippen molar-refractivity contribution in [3.8, 4) is 34.5 Å². The molecule has 1 N–H and O–H groups in total. The van der Waals surface area contributed by atoms with E-state index in [-0.39, 0.29) is 44.5 Å². The van der Waals surface area contributed by atoms with Gasteiger partial charge < -0.3 is 23.5 Å².